The third-order valence-corrected chi connectivity index (χ3v) is 5.65. The van der Waals surface area contributed by atoms with Crippen LogP contribution in [0.15, 0.2) is 17.5 Å². The van der Waals surface area contributed by atoms with Crippen molar-refractivity contribution in [1.29, 1.82) is 0 Å². The SMILES string of the molecule is COC(=O)[C@H]1[C@@H](c2cccs2)C[C@@H]2CC[C@H]1N2C. The van der Waals surface area contributed by atoms with E-state index in [0.29, 0.717) is 18.0 Å². The van der Waals surface area contributed by atoms with Crippen molar-refractivity contribution in [3.63, 3.8) is 0 Å². The highest BCUT2D eigenvalue weighted by atomic mass is 32.1. The molecule has 2 saturated heterocycles. The smallest absolute Gasteiger partial charge is 0.310 e. The molecule has 1 aromatic rings. The number of esters is 1. The van der Waals surface area contributed by atoms with E-state index in [1.807, 2.05) is 0 Å². The van der Waals surface area contributed by atoms with Crippen LogP contribution in [-0.4, -0.2) is 37.1 Å². The van der Waals surface area contributed by atoms with E-state index >= 15 is 0 Å². The van der Waals surface area contributed by atoms with Crippen molar-refractivity contribution >= 4 is 17.3 Å². The summed E-state index contributed by atoms with van der Waals surface area (Å²) in [6, 6.07) is 5.25. The fourth-order valence-corrected chi connectivity index (χ4v) is 4.61. The Morgan fingerprint density at radius 1 is 1.50 bits per heavy atom. The molecule has 98 valence electrons. The Morgan fingerprint density at radius 3 is 3.00 bits per heavy atom. The first-order valence-corrected chi connectivity index (χ1v) is 7.43. The second-order valence-corrected chi connectivity index (χ2v) is 6.35. The van der Waals surface area contributed by atoms with Gasteiger partial charge < -0.3 is 4.74 Å². The van der Waals surface area contributed by atoms with Crippen molar-refractivity contribution in [2.45, 2.75) is 37.3 Å². The molecule has 0 saturated carbocycles. The molecule has 4 atom stereocenters. The second kappa shape index (κ2) is 4.67. The van der Waals surface area contributed by atoms with E-state index in [0.717, 1.165) is 12.8 Å². The van der Waals surface area contributed by atoms with Gasteiger partial charge in [0.15, 0.2) is 0 Å². The molecule has 3 nitrogen and oxygen atoms in total. The predicted molar refractivity (Wildman–Crippen MR) is 71.8 cm³/mol. The molecular formula is C14H19NO2S. The predicted octanol–water partition coefficient (Wildman–Crippen LogP) is 2.49. The van der Waals surface area contributed by atoms with Crippen LogP contribution in [0.4, 0.5) is 0 Å². The minimum Gasteiger partial charge on any atom is -0.469 e. The van der Waals surface area contributed by atoms with Crippen LogP contribution >= 0.6 is 11.3 Å². The number of hydrogen-bond acceptors (Lipinski definition) is 4. The second-order valence-electron chi connectivity index (χ2n) is 5.37. The van der Waals surface area contributed by atoms with Crippen LogP contribution in [0.3, 0.4) is 0 Å². The molecule has 0 N–H and O–H groups in total. The summed E-state index contributed by atoms with van der Waals surface area (Å²) in [6.07, 6.45) is 3.44. The van der Waals surface area contributed by atoms with Crippen molar-refractivity contribution in [3.05, 3.63) is 22.4 Å². The molecular weight excluding hydrogens is 246 g/mol. The molecule has 2 bridgehead atoms. The molecule has 0 unspecified atom stereocenters. The molecule has 0 radical (unpaired) electrons. The number of rotatable bonds is 2. The maximum Gasteiger partial charge on any atom is 0.310 e. The van der Waals surface area contributed by atoms with Gasteiger partial charge in [-0.05, 0) is 37.8 Å². The quantitative estimate of drug-likeness (QED) is 0.769. The molecule has 0 aliphatic carbocycles. The number of piperidine rings is 1. The summed E-state index contributed by atoms with van der Waals surface area (Å²) < 4.78 is 5.06. The lowest BCUT2D eigenvalue weighted by Crippen LogP contribution is -2.48. The Bertz CT molecular complexity index is 431. The molecule has 2 aliphatic rings. The van der Waals surface area contributed by atoms with Crippen molar-refractivity contribution < 1.29 is 9.53 Å². The van der Waals surface area contributed by atoms with Gasteiger partial charge in [0.05, 0.1) is 13.0 Å². The fourth-order valence-electron chi connectivity index (χ4n) is 3.72. The van der Waals surface area contributed by atoms with Crippen LogP contribution in [0.2, 0.25) is 0 Å². The van der Waals surface area contributed by atoms with Crippen LogP contribution in [0.5, 0.6) is 0 Å². The number of carbonyl (C=O) groups excluding carboxylic acids is 1. The number of methoxy groups -OCH3 is 1. The summed E-state index contributed by atoms with van der Waals surface area (Å²) in [5.41, 5.74) is 0. The fraction of sp³-hybridized carbons (Fsp3) is 0.643. The third-order valence-electron chi connectivity index (χ3n) is 4.65. The standard InChI is InChI=1S/C14H19NO2S/c1-15-9-5-6-11(15)13(14(16)17-2)10(8-9)12-4-3-7-18-12/h3-4,7,9-11,13H,5-6,8H2,1-2H3/t9-,10+,11+,13-/m0/s1. The lowest BCUT2D eigenvalue weighted by molar-refractivity contribution is -0.150. The highest BCUT2D eigenvalue weighted by Gasteiger charge is 2.49. The summed E-state index contributed by atoms with van der Waals surface area (Å²) in [7, 11) is 3.66. The summed E-state index contributed by atoms with van der Waals surface area (Å²) in [6.45, 7) is 0. The van der Waals surface area contributed by atoms with Crippen molar-refractivity contribution in [3.8, 4) is 0 Å². The zero-order chi connectivity index (χ0) is 12.7. The van der Waals surface area contributed by atoms with Crippen LogP contribution in [0.25, 0.3) is 0 Å². The van der Waals surface area contributed by atoms with Gasteiger partial charge in [-0.25, -0.2) is 0 Å². The monoisotopic (exact) mass is 265 g/mol. The summed E-state index contributed by atoms with van der Waals surface area (Å²) >= 11 is 1.77. The minimum absolute atomic E-state index is 0.0115. The Hall–Kier alpha value is -0.870. The molecule has 2 aliphatic heterocycles. The van der Waals surface area contributed by atoms with Crippen molar-refractivity contribution in [1.82, 2.24) is 4.90 Å². The highest BCUT2D eigenvalue weighted by molar-refractivity contribution is 7.10. The van der Waals surface area contributed by atoms with E-state index in [4.69, 9.17) is 4.74 Å². The van der Waals surface area contributed by atoms with E-state index < -0.39 is 0 Å². The molecule has 18 heavy (non-hydrogen) atoms. The Kier molecular flexibility index (Phi) is 3.16. The van der Waals surface area contributed by atoms with Gasteiger partial charge in [0.25, 0.3) is 0 Å². The number of thiophene rings is 1. The largest absolute Gasteiger partial charge is 0.469 e. The van der Waals surface area contributed by atoms with E-state index in [2.05, 4.69) is 29.5 Å². The maximum atomic E-state index is 12.2. The number of nitrogens with zero attached hydrogens (tertiary/aromatic N) is 1. The first-order valence-electron chi connectivity index (χ1n) is 6.55. The lowest BCUT2D eigenvalue weighted by Gasteiger charge is -2.41. The Labute approximate surface area is 112 Å². The van der Waals surface area contributed by atoms with Gasteiger partial charge in [0.2, 0.25) is 0 Å². The van der Waals surface area contributed by atoms with Gasteiger partial charge in [-0.15, -0.1) is 11.3 Å². The van der Waals surface area contributed by atoms with Crippen LogP contribution in [0, 0.1) is 5.92 Å². The van der Waals surface area contributed by atoms with E-state index in [1.54, 1.807) is 11.3 Å². The van der Waals surface area contributed by atoms with E-state index in [-0.39, 0.29) is 11.9 Å². The van der Waals surface area contributed by atoms with Gasteiger partial charge in [-0.3, -0.25) is 9.69 Å². The maximum absolute atomic E-state index is 12.2. The van der Waals surface area contributed by atoms with Gasteiger partial charge in [-0.1, -0.05) is 6.07 Å². The van der Waals surface area contributed by atoms with Gasteiger partial charge in [-0.2, -0.15) is 0 Å². The number of fused-ring (bicyclic) bond motifs is 2. The lowest BCUT2D eigenvalue weighted by atomic mass is 9.79. The van der Waals surface area contributed by atoms with Crippen LogP contribution in [-0.2, 0) is 9.53 Å². The van der Waals surface area contributed by atoms with E-state index in [1.165, 1.54) is 18.4 Å². The molecule has 0 spiro atoms. The first kappa shape index (κ1) is 12.2. The molecule has 3 rings (SSSR count). The third kappa shape index (κ3) is 1.79. The average molecular weight is 265 g/mol. The normalized spacial score (nSPS) is 35.7. The zero-order valence-corrected chi connectivity index (χ0v) is 11.7. The van der Waals surface area contributed by atoms with Gasteiger partial charge in [0.1, 0.15) is 0 Å². The highest BCUT2D eigenvalue weighted by Crippen LogP contribution is 2.47. The molecule has 4 heteroatoms. The average Bonchev–Trinajstić information content (AvgIpc) is 2.96. The summed E-state index contributed by atoms with van der Waals surface area (Å²) in [5.74, 6) is 0.328. The van der Waals surface area contributed by atoms with Crippen LogP contribution in [0.1, 0.15) is 30.1 Å². The van der Waals surface area contributed by atoms with Crippen molar-refractivity contribution in [2.24, 2.45) is 5.92 Å². The molecule has 2 fully saturated rings. The molecule has 1 aromatic heterocycles. The number of ether oxygens (including phenoxy) is 1. The molecule has 0 amide bonds. The molecule has 0 aromatic carbocycles. The first-order chi connectivity index (χ1) is 8.72. The van der Waals surface area contributed by atoms with Crippen molar-refractivity contribution in [2.75, 3.05) is 14.2 Å². The topological polar surface area (TPSA) is 29.5 Å². The molecule has 3 heterocycles. The number of carbonyl (C=O) groups is 1. The van der Waals surface area contributed by atoms with E-state index in [9.17, 15) is 4.79 Å². The van der Waals surface area contributed by atoms with Gasteiger partial charge in [0, 0.05) is 22.9 Å². The number of hydrogen-bond donors (Lipinski definition) is 0. The zero-order valence-electron chi connectivity index (χ0n) is 10.8. The summed E-state index contributed by atoms with van der Waals surface area (Å²) in [5, 5.41) is 2.10. The van der Waals surface area contributed by atoms with Gasteiger partial charge >= 0.3 is 5.97 Å². The van der Waals surface area contributed by atoms with Crippen LogP contribution < -0.4 is 0 Å². The summed E-state index contributed by atoms with van der Waals surface area (Å²) in [4.78, 5) is 15.9. The Balaban J connectivity index is 1.94. The minimum atomic E-state index is -0.0365. The Morgan fingerprint density at radius 2 is 2.33 bits per heavy atom.